The predicted octanol–water partition coefficient (Wildman–Crippen LogP) is 2.94. The van der Waals surface area contributed by atoms with E-state index in [1.54, 1.807) is 17.2 Å². The van der Waals surface area contributed by atoms with Crippen molar-refractivity contribution in [3.05, 3.63) is 50.2 Å². The third-order valence-electron chi connectivity index (χ3n) is 3.88. The van der Waals surface area contributed by atoms with E-state index in [0.29, 0.717) is 18.8 Å². The normalized spacial score (nSPS) is 14.5. The molecule has 140 valence electrons. The number of nitrogens with zero attached hydrogens (tertiary/aromatic N) is 4. The number of nitro groups is 1. The van der Waals surface area contributed by atoms with E-state index in [0.717, 1.165) is 19.5 Å². The number of carbonyl (C=O) groups excluding carboxylic acids is 1. The molecule has 0 unspecified atom stereocenters. The monoisotopic (exact) mass is 419 g/mol. The molecule has 2 aromatic rings. The van der Waals surface area contributed by atoms with Crippen LogP contribution in [0.15, 0.2) is 24.4 Å². The molecule has 0 bridgehead atoms. The van der Waals surface area contributed by atoms with Crippen molar-refractivity contribution < 1.29 is 9.72 Å². The minimum Gasteiger partial charge on any atom is -0.336 e. The van der Waals surface area contributed by atoms with Gasteiger partial charge in [-0.05, 0) is 19.0 Å². The van der Waals surface area contributed by atoms with Gasteiger partial charge in [-0.3, -0.25) is 14.9 Å². The molecule has 0 atom stereocenters. The van der Waals surface area contributed by atoms with Crippen LogP contribution in [0, 0.1) is 10.1 Å². The third-order valence-corrected chi connectivity index (χ3v) is 4.45. The molecule has 1 aromatic carbocycles. The zero-order valence-corrected chi connectivity index (χ0v) is 15.9. The number of aromatic nitrogens is 2. The van der Waals surface area contributed by atoms with Gasteiger partial charge in [-0.25, -0.2) is 4.68 Å². The lowest BCUT2D eigenvalue weighted by Gasteiger charge is -2.18. The Kier molecular flexibility index (Phi) is 6.82. The molecule has 1 saturated heterocycles. The number of halogens is 3. The van der Waals surface area contributed by atoms with Crippen molar-refractivity contribution >= 4 is 47.2 Å². The number of non-ortho nitro benzene ring substituents is 1. The standard InChI is InChI=1S/C15H15Cl2N5O3.ClH/c16-11-8-10(22(24)25)9-12(17)14(11)21-6-2-13(19-21)15(23)20-5-1-3-18-4-7-20;/h2,6,8-9,18H,1,3-5,7H2;1H. The van der Waals surface area contributed by atoms with E-state index in [-0.39, 0.29) is 39.7 Å². The summed E-state index contributed by atoms with van der Waals surface area (Å²) in [5.41, 5.74) is 0.358. The van der Waals surface area contributed by atoms with Crippen LogP contribution in [0.5, 0.6) is 0 Å². The first kappa shape index (κ1) is 20.4. The zero-order valence-electron chi connectivity index (χ0n) is 13.5. The van der Waals surface area contributed by atoms with Gasteiger partial charge in [0.25, 0.3) is 11.6 Å². The van der Waals surface area contributed by atoms with Crippen LogP contribution >= 0.6 is 35.6 Å². The number of nitrogens with one attached hydrogen (secondary N) is 1. The van der Waals surface area contributed by atoms with E-state index in [1.807, 2.05) is 0 Å². The Hall–Kier alpha value is -1.87. The minimum absolute atomic E-state index is 0. The summed E-state index contributed by atoms with van der Waals surface area (Å²) in [5.74, 6) is -0.170. The lowest BCUT2D eigenvalue weighted by molar-refractivity contribution is -0.384. The highest BCUT2D eigenvalue weighted by molar-refractivity contribution is 6.38. The molecule has 11 heteroatoms. The van der Waals surface area contributed by atoms with Crippen LogP contribution < -0.4 is 5.32 Å². The molecule has 1 aromatic heterocycles. The Labute approximate surface area is 165 Å². The topological polar surface area (TPSA) is 93.3 Å². The fraction of sp³-hybridized carbons (Fsp3) is 0.333. The molecular formula is C15H16Cl3N5O3. The molecule has 1 fully saturated rings. The first-order valence-electron chi connectivity index (χ1n) is 7.67. The van der Waals surface area contributed by atoms with Crippen LogP contribution in [0.4, 0.5) is 5.69 Å². The summed E-state index contributed by atoms with van der Waals surface area (Å²) in [6.07, 6.45) is 2.44. The van der Waals surface area contributed by atoms with E-state index in [4.69, 9.17) is 23.2 Å². The average Bonchev–Trinajstić information content (AvgIpc) is 2.88. The van der Waals surface area contributed by atoms with Gasteiger partial charge in [-0.15, -0.1) is 12.4 Å². The fourth-order valence-electron chi connectivity index (χ4n) is 2.65. The molecule has 0 radical (unpaired) electrons. The van der Waals surface area contributed by atoms with Crippen molar-refractivity contribution in [2.24, 2.45) is 0 Å². The third kappa shape index (κ3) is 4.27. The second-order valence-electron chi connectivity index (χ2n) is 5.56. The molecule has 2 heterocycles. The van der Waals surface area contributed by atoms with Crippen LogP contribution in [-0.2, 0) is 0 Å². The smallest absolute Gasteiger partial charge is 0.274 e. The predicted molar refractivity (Wildman–Crippen MR) is 101 cm³/mol. The Bertz CT molecular complexity index is 796. The molecule has 1 amide bonds. The maximum absolute atomic E-state index is 12.6. The molecule has 1 aliphatic heterocycles. The van der Waals surface area contributed by atoms with Crippen molar-refractivity contribution in [2.75, 3.05) is 26.2 Å². The largest absolute Gasteiger partial charge is 0.336 e. The molecular weight excluding hydrogens is 405 g/mol. The van der Waals surface area contributed by atoms with Gasteiger partial charge in [-0.1, -0.05) is 23.2 Å². The van der Waals surface area contributed by atoms with E-state index in [9.17, 15) is 14.9 Å². The summed E-state index contributed by atoms with van der Waals surface area (Å²) in [4.78, 5) is 24.6. The van der Waals surface area contributed by atoms with Crippen molar-refractivity contribution in [3.63, 3.8) is 0 Å². The van der Waals surface area contributed by atoms with Gasteiger partial charge < -0.3 is 10.2 Å². The van der Waals surface area contributed by atoms with Crippen molar-refractivity contribution in [2.45, 2.75) is 6.42 Å². The second-order valence-corrected chi connectivity index (χ2v) is 6.37. The van der Waals surface area contributed by atoms with Gasteiger partial charge in [0.1, 0.15) is 5.69 Å². The van der Waals surface area contributed by atoms with Gasteiger partial charge in [0, 0.05) is 38.0 Å². The number of benzene rings is 1. The first-order valence-corrected chi connectivity index (χ1v) is 8.42. The molecule has 1 N–H and O–H groups in total. The molecule has 1 aliphatic rings. The van der Waals surface area contributed by atoms with Gasteiger partial charge in [0.15, 0.2) is 5.69 Å². The van der Waals surface area contributed by atoms with E-state index in [2.05, 4.69) is 10.4 Å². The second kappa shape index (κ2) is 8.68. The number of nitro benzene ring substituents is 1. The zero-order chi connectivity index (χ0) is 18.0. The Morgan fingerprint density at radius 2 is 1.92 bits per heavy atom. The first-order chi connectivity index (χ1) is 12.0. The Morgan fingerprint density at radius 3 is 2.58 bits per heavy atom. The number of amides is 1. The highest BCUT2D eigenvalue weighted by atomic mass is 35.5. The Balaban J connectivity index is 0.00000243. The minimum atomic E-state index is -0.576. The SMILES string of the molecule is Cl.O=C(c1ccn(-c2c(Cl)cc([N+](=O)[O-])cc2Cl)n1)N1CCCNCC1. The quantitative estimate of drug-likeness (QED) is 0.609. The highest BCUT2D eigenvalue weighted by Crippen LogP contribution is 2.32. The summed E-state index contributed by atoms with van der Waals surface area (Å²) < 4.78 is 1.36. The van der Waals surface area contributed by atoms with Crippen LogP contribution in [0.1, 0.15) is 16.9 Å². The van der Waals surface area contributed by atoms with Crippen molar-refractivity contribution in [1.82, 2.24) is 20.0 Å². The lowest BCUT2D eigenvalue weighted by atomic mass is 10.3. The van der Waals surface area contributed by atoms with Crippen LogP contribution in [0.3, 0.4) is 0 Å². The summed E-state index contributed by atoms with van der Waals surface area (Å²) in [6, 6.07) is 3.98. The molecule has 0 saturated carbocycles. The lowest BCUT2D eigenvalue weighted by Crippen LogP contribution is -2.34. The van der Waals surface area contributed by atoms with Crippen molar-refractivity contribution in [3.8, 4) is 5.69 Å². The van der Waals surface area contributed by atoms with Gasteiger partial charge >= 0.3 is 0 Å². The summed E-state index contributed by atoms with van der Waals surface area (Å²) >= 11 is 12.2. The molecule has 0 aliphatic carbocycles. The number of carbonyl (C=O) groups is 1. The molecule has 26 heavy (non-hydrogen) atoms. The fourth-order valence-corrected chi connectivity index (χ4v) is 3.30. The van der Waals surface area contributed by atoms with Gasteiger partial charge in [0.05, 0.1) is 15.0 Å². The van der Waals surface area contributed by atoms with Crippen LogP contribution in [-0.4, -0.2) is 51.7 Å². The highest BCUT2D eigenvalue weighted by Gasteiger charge is 2.21. The molecule has 3 rings (SSSR count). The van der Waals surface area contributed by atoms with E-state index >= 15 is 0 Å². The van der Waals surface area contributed by atoms with E-state index < -0.39 is 4.92 Å². The van der Waals surface area contributed by atoms with Gasteiger partial charge in [0.2, 0.25) is 0 Å². The van der Waals surface area contributed by atoms with Gasteiger partial charge in [-0.2, -0.15) is 5.10 Å². The molecule has 8 nitrogen and oxygen atoms in total. The Morgan fingerprint density at radius 1 is 1.23 bits per heavy atom. The summed E-state index contributed by atoms with van der Waals surface area (Å²) in [6.45, 7) is 2.90. The average molecular weight is 421 g/mol. The maximum Gasteiger partial charge on any atom is 0.274 e. The van der Waals surface area contributed by atoms with E-state index in [1.165, 1.54) is 16.8 Å². The summed E-state index contributed by atoms with van der Waals surface area (Å²) in [7, 11) is 0. The number of hydrogen-bond acceptors (Lipinski definition) is 5. The van der Waals surface area contributed by atoms with Crippen molar-refractivity contribution in [1.29, 1.82) is 0 Å². The number of rotatable bonds is 3. The number of hydrogen-bond donors (Lipinski definition) is 1. The van der Waals surface area contributed by atoms with Crippen LogP contribution in [0.2, 0.25) is 10.0 Å². The molecule has 0 spiro atoms. The van der Waals surface area contributed by atoms with Crippen LogP contribution in [0.25, 0.3) is 5.69 Å². The maximum atomic E-state index is 12.6. The summed E-state index contributed by atoms with van der Waals surface area (Å²) in [5, 5.41) is 18.5.